The molecule has 3 fully saturated rings. The summed E-state index contributed by atoms with van der Waals surface area (Å²) in [6.45, 7) is 10.7. The van der Waals surface area contributed by atoms with Crippen LogP contribution in [0.2, 0.25) is 0 Å². The SMILES string of the molecule is C1=C(N2CCOCC2)c2cc(-c3cccc4[nH]ccc34)sc2CN1CN1CCC(N2CCC2)CC1. The molecule has 6 heterocycles. The fourth-order valence-electron chi connectivity index (χ4n) is 6.20. The quantitative estimate of drug-likeness (QED) is 0.573. The van der Waals surface area contributed by atoms with Gasteiger partial charge in [-0.05, 0) is 50.6 Å². The molecule has 7 rings (SSSR count). The predicted molar refractivity (Wildman–Crippen MR) is 143 cm³/mol. The van der Waals surface area contributed by atoms with Gasteiger partial charge in [-0.1, -0.05) is 12.1 Å². The molecular weight excluding hydrogens is 454 g/mol. The lowest BCUT2D eigenvalue weighted by molar-refractivity contribution is 0.0465. The number of nitrogens with one attached hydrogen (secondary N) is 1. The molecule has 184 valence electrons. The van der Waals surface area contributed by atoms with Gasteiger partial charge in [0.1, 0.15) is 0 Å². The number of aromatic amines is 1. The van der Waals surface area contributed by atoms with E-state index < -0.39 is 0 Å². The molecule has 0 bridgehead atoms. The summed E-state index contributed by atoms with van der Waals surface area (Å²) in [5.41, 5.74) is 5.35. The number of benzene rings is 1. The molecule has 0 amide bonds. The maximum atomic E-state index is 5.69. The highest BCUT2D eigenvalue weighted by Gasteiger charge is 2.30. The highest BCUT2D eigenvalue weighted by atomic mass is 32.1. The van der Waals surface area contributed by atoms with Gasteiger partial charge in [-0.25, -0.2) is 0 Å². The first-order valence-electron chi connectivity index (χ1n) is 13.3. The summed E-state index contributed by atoms with van der Waals surface area (Å²) in [6.07, 6.45) is 8.54. The van der Waals surface area contributed by atoms with Gasteiger partial charge in [-0.2, -0.15) is 0 Å². The van der Waals surface area contributed by atoms with Crippen LogP contribution in [0.4, 0.5) is 0 Å². The van der Waals surface area contributed by atoms with Crippen LogP contribution >= 0.6 is 11.3 Å². The molecule has 0 saturated carbocycles. The Labute approximate surface area is 211 Å². The molecule has 0 spiro atoms. The molecule has 4 aliphatic rings. The average Bonchev–Trinajstić information content (AvgIpc) is 3.51. The molecule has 4 aliphatic heterocycles. The normalized spacial score (nSPS) is 22.3. The lowest BCUT2D eigenvalue weighted by atomic mass is 10.00. The standard InChI is InChI=1S/C28H35N5OS/c1-3-23(22-5-8-29-25(22)4-1)27-17-24-26(33-13-15-34-16-14-33)18-31(19-28(24)35-27)20-30-11-6-21(7-12-30)32-9-2-10-32/h1,3-5,8,17-18,21,29H,2,6-7,9-16,19-20H2. The summed E-state index contributed by atoms with van der Waals surface area (Å²) in [5.74, 6) is 0. The van der Waals surface area contributed by atoms with Gasteiger partial charge in [0.25, 0.3) is 0 Å². The van der Waals surface area contributed by atoms with Crippen LogP contribution < -0.4 is 0 Å². The number of ether oxygens (including phenoxy) is 1. The van der Waals surface area contributed by atoms with E-state index in [0.717, 1.165) is 45.6 Å². The van der Waals surface area contributed by atoms with Crippen molar-refractivity contribution >= 4 is 27.9 Å². The Kier molecular flexibility index (Phi) is 5.81. The van der Waals surface area contributed by atoms with Crippen LogP contribution in [0, 0.1) is 0 Å². The molecule has 0 unspecified atom stereocenters. The van der Waals surface area contributed by atoms with E-state index in [1.165, 1.54) is 82.9 Å². The molecule has 0 radical (unpaired) electrons. The van der Waals surface area contributed by atoms with Crippen LogP contribution in [0.1, 0.15) is 29.7 Å². The smallest absolute Gasteiger partial charge is 0.0706 e. The fraction of sp³-hybridized carbons (Fsp3) is 0.500. The minimum absolute atomic E-state index is 0.816. The number of H-pyrrole nitrogens is 1. The van der Waals surface area contributed by atoms with E-state index in [1.807, 2.05) is 17.5 Å². The zero-order valence-corrected chi connectivity index (χ0v) is 21.2. The minimum Gasteiger partial charge on any atom is -0.378 e. The molecular formula is C28H35N5OS. The van der Waals surface area contributed by atoms with Gasteiger partial charge in [-0.15, -0.1) is 11.3 Å². The van der Waals surface area contributed by atoms with Crippen LogP contribution in [0.25, 0.3) is 27.0 Å². The van der Waals surface area contributed by atoms with Crippen molar-refractivity contribution in [2.75, 3.05) is 59.2 Å². The molecule has 6 nitrogen and oxygen atoms in total. The van der Waals surface area contributed by atoms with E-state index in [2.05, 4.69) is 61.1 Å². The van der Waals surface area contributed by atoms with Gasteiger partial charge in [-0.3, -0.25) is 4.90 Å². The number of fused-ring (bicyclic) bond motifs is 2. The Balaban J connectivity index is 1.15. The Morgan fingerprint density at radius 3 is 2.63 bits per heavy atom. The summed E-state index contributed by atoms with van der Waals surface area (Å²) >= 11 is 1.98. The predicted octanol–water partition coefficient (Wildman–Crippen LogP) is 4.47. The third-order valence-corrected chi connectivity index (χ3v) is 9.45. The van der Waals surface area contributed by atoms with E-state index in [1.54, 1.807) is 0 Å². The van der Waals surface area contributed by atoms with Crippen molar-refractivity contribution in [3.63, 3.8) is 0 Å². The van der Waals surface area contributed by atoms with Crippen molar-refractivity contribution in [2.24, 2.45) is 0 Å². The first-order chi connectivity index (χ1) is 17.3. The summed E-state index contributed by atoms with van der Waals surface area (Å²) in [6, 6.07) is 12.1. The Bertz CT molecular complexity index is 1210. The molecule has 3 aromatic rings. The second-order valence-electron chi connectivity index (χ2n) is 10.4. The Morgan fingerprint density at radius 2 is 1.83 bits per heavy atom. The van der Waals surface area contributed by atoms with E-state index in [9.17, 15) is 0 Å². The zero-order chi connectivity index (χ0) is 23.2. The van der Waals surface area contributed by atoms with Crippen molar-refractivity contribution in [1.82, 2.24) is 24.6 Å². The molecule has 1 aromatic carbocycles. The van der Waals surface area contributed by atoms with Gasteiger partial charge in [0.05, 0.1) is 32.1 Å². The minimum atomic E-state index is 0.816. The molecule has 1 N–H and O–H groups in total. The molecule has 3 saturated heterocycles. The number of nitrogens with zero attached hydrogens (tertiary/aromatic N) is 4. The first-order valence-corrected chi connectivity index (χ1v) is 14.1. The van der Waals surface area contributed by atoms with Crippen molar-refractivity contribution in [3.05, 3.63) is 53.2 Å². The lowest BCUT2D eigenvalue weighted by Crippen LogP contribution is -2.51. The largest absolute Gasteiger partial charge is 0.378 e. The molecule has 0 atom stereocenters. The van der Waals surface area contributed by atoms with Crippen molar-refractivity contribution in [3.8, 4) is 10.4 Å². The maximum Gasteiger partial charge on any atom is 0.0706 e. The number of hydrogen-bond acceptors (Lipinski definition) is 6. The van der Waals surface area contributed by atoms with Gasteiger partial charge < -0.3 is 24.4 Å². The third kappa shape index (κ3) is 4.18. The summed E-state index contributed by atoms with van der Waals surface area (Å²) < 4.78 is 5.69. The number of rotatable bonds is 5. The topological polar surface area (TPSA) is 38.0 Å². The lowest BCUT2D eigenvalue weighted by Gasteiger charge is -2.44. The van der Waals surface area contributed by atoms with Crippen LogP contribution in [0.15, 0.2) is 42.7 Å². The number of likely N-dealkylation sites (tertiary alicyclic amines) is 2. The first kappa shape index (κ1) is 21.9. The van der Waals surface area contributed by atoms with Crippen molar-refractivity contribution in [1.29, 1.82) is 0 Å². The van der Waals surface area contributed by atoms with E-state index in [0.29, 0.717) is 0 Å². The summed E-state index contributed by atoms with van der Waals surface area (Å²) in [4.78, 5) is 16.7. The number of piperidine rings is 1. The van der Waals surface area contributed by atoms with Crippen LogP contribution in [0.3, 0.4) is 0 Å². The molecule has 35 heavy (non-hydrogen) atoms. The number of hydrogen-bond donors (Lipinski definition) is 1. The summed E-state index contributed by atoms with van der Waals surface area (Å²) in [7, 11) is 0. The summed E-state index contributed by atoms with van der Waals surface area (Å²) in [5, 5.41) is 1.31. The second-order valence-corrected chi connectivity index (χ2v) is 11.6. The van der Waals surface area contributed by atoms with Crippen LogP contribution in [0.5, 0.6) is 0 Å². The maximum absolute atomic E-state index is 5.69. The highest BCUT2D eigenvalue weighted by Crippen LogP contribution is 2.41. The average molecular weight is 490 g/mol. The fourth-order valence-corrected chi connectivity index (χ4v) is 7.44. The molecule has 0 aliphatic carbocycles. The third-order valence-electron chi connectivity index (χ3n) is 8.29. The Morgan fingerprint density at radius 1 is 0.971 bits per heavy atom. The van der Waals surface area contributed by atoms with Gasteiger partial charge in [0.2, 0.25) is 0 Å². The van der Waals surface area contributed by atoms with Crippen LogP contribution in [-0.4, -0.2) is 89.8 Å². The van der Waals surface area contributed by atoms with Crippen LogP contribution in [-0.2, 0) is 11.3 Å². The number of thiophene rings is 1. The highest BCUT2D eigenvalue weighted by molar-refractivity contribution is 7.15. The molecule has 7 heteroatoms. The molecule has 2 aromatic heterocycles. The second kappa shape index (κ2) is 9.28. The monoisotopic (exact) mass is 489 g/mol. The van der Waals surface area contributed by atoms with Gasteiger partial charge >= 0.3 is 0 Å². The Hall–Kier alpha value is -2.32. The van der Waals surface area contributed by atoms with E-state index >= 15 is 0 Å². The van der Waals surface area contributed by atoms with Crippen molar-refractivity contribution < 1.29 is 4.74 Å². The van der Waals surface area contributed by atoms with Gasteiger partial charge in [0, 0.05) is 76.4 Å². The van der Waals surface area contributed by atoms with Gasteiger partial charge in [0.15, 0.2) is 0 Å². The van der Waals surface area contributed by atoms with E-state index in [4.69, 9.17) is 4.74 Å². The van der Waals surface area contributed by atoms with E-state index in [-0.39, 0.29) is 0 Å². The van der Waals surface area contributed by atoms with Crippen molar-refractivity contribution in [2.45, 2.75) is 31.8 Å². The number of aromatic nitrogens is 1. The zero-order valence-electron chi connectivity index (χ0n) is 20.4. The number of morpholine rings is 1.